The topological polar surface area (TPSA) is 92.4 Å². The van der Waals surface area contributed by atoms with Gasteiger partial charge in [-0.05, 0) is 44.5 Å². The second kappa shape index (κ2) is 11.5. The van der Waals surface area contributed by atoms with E-state index in [-0.39, 0.29) is 5.73 Å². The Labute approximate surface area is 262 Å². The van der Waals surface area contributed by atoms with Crippen LogP contribution in [0.2, 0.25) is 24.7 Å². The number of hydrogen-bond acceptors (Lipinski definition) is 8. The monoisotopic (exact) mass is 631 g/mol. The Balaban J connectivity index is 1.09. The van der Waals surface area contributed by atoms with Crippen LogP contribution in [-0.2, 0) is 22.7 Å². The van der Waals surface area contributed by atoms with E-state index in [2.05, 4.69) is 46.1 Å². The van der Waals surface area contributed by atoms with E-state index in [0.717, 1.165) is 55.1 Å². The molecule has 2 saturated heterocycles. The number of imidazole rings is 1. The van der Waals surface area contributed by atoms with Crippen LogP contribution in [0.3, 0.4) is 0 Å². The van der Waals surface area contributed by atoms with Gasteiger partial charge in [-0.1, -0.05) is 31.2 Å². The number of likely N-dealkylation sites (tertiary alicyclic amines) is 1. The summed E-state index contributed by atoms with van der Waals surface area (Å²) in [6, 6.07) is 10.1. The highest BCUT2D eigenvalue weighted by Gasteiger charge is 2.38. The van der Waals surface area contributed by atoms with Crippen molar-refractivity contribution >= 4 is 41.7 Å². The van der Waals surface area contributed by atoms with E-state index in [9.17, 15) is 0 Å². The molecule has 2 aromatic carbocycles. The van der Waals surface area contributed by atoms with Crippen molar-refractivity contribution in [1.82, 2.24) is 34.2 Å². The summed E-state index contributed by atoms with van der Waals surface area (Å²) in [6.45, 7) is 15.2. The number of halogens is 1. The number of morpholine rings is 1. The van der Waals surface area contributed by atoms with Gasteiger partial charge in [0.15, 0.2) is 0 Å². The lowest BCUT2D eigenvalue weighted by atomic mass is 10.2. The molecule has 2 fully saturated rings. The van der Waals surface area contributed by atoms with Gasteiger partial charge in [-0.2, -0.15) is 5.10 Å². The van der Waals surface area contributed by atoms with Crippen LogP contribution in [-0.4, -0.2) is 79.8 Å². The molecule has 2 bridgehead atoms. The third-order valence-electron chi connectivity index (χ3n) is 8.99. The maximum atomic E-state index is 6.89. The van der Waals surface area contributed by atoms with E-state index in [1.807, 2.05) is 54.3 Å². The summed E-state index contributed by atoms with van der Waals surface area (Å²) in [5, 5.41) is 4.99. The van der Waals surface area contributed by atoms with Gasteiger partial charge >= 0.3 is 0 Å². The molecule has 3 atom stereocenters. The Bertz CT molecular complexity index is 1830. The molecule has 3 aromatic heterocycles. The molecular formula is C32H38ClN7O3Si. The third kappa shape index (κ3) is 5.74. The molecule has 0 radical (unpaired) electrons. The first-order valence-electron chi connectivity index (χ1n) is 15.2. The SMILES string of the molecule is Cc1nc2ccc(Oc3ccc4ncc(-c5cnn(CCN6C[C@@H]7C[C@H]6CO7)c5)nc4c3Cl)cc2n1COC(C)[Si](C)(C)C. The Hall–Kier alpha value is -3.35. The summed E-state index contributed by atoms with van der Waals surface area (Å²) < 4.78 is 22.3. The minimum absolute atomic E-state index is 0.219. The molecular weight excluding hydrogens is 594 g/mol. The maximum Gasteiger partial charge on any atom is 0.148 e. The smallest absolute Gasteiger partial charge is 0.148 e. The lowest BCUT2D eigenvalue weighted by molar-refractivity contribution is 0.0290. The lowest BCUT2D eigenvalue weighted by Gasteiger charge is -2.26. The largest absolute Gasteiger partial charge is 0.456 e. The molecule has 12 heteroatoms. The van der Waals surface area contributed by atoms with Crippen LogP contribution in [0.15, 0.2) is 48.9 Å². The average molecular weight is 632 g/mol. The maximum absolute atomic E-state index is 6.89. The molecule has 0 saturated carbocycles. The number of hydrogen-bond donors (Lipinski definition) is 0. The molecule has 0 amide bonds. The Morgan fingerprint density at radius 2 is 1.93 bits per heavy atom. The normalized spacial score (nSPS) is 19.4. The van der Waals surface area contributed by atoms with Crippen molar-refractivity contribution in [3.63, 3.8) is 0 Å². The molecule has 7 rings (SSSR count). The number of aromatic nitrogens is 6. The predicted molar refractivity (Wildman–Crippen MR) is 174 cm³/mol. The van der Waals surface area contributed by atoms with Crippen LogP contribution in [0.5, 0.6) is 11.5 Å². The van der Waals surface area contributed by atoms with Gasteiger partial charge in [0.1, 0.15) is 34.6 Å². The number of rotatable bonds is 10. The van der Waals surface area contributed by atoms with Crippen LogP contribution in [0.25, 0.3) is 33.3 Å². The molecule has 1 unspecified atom stereocenters. The molecule has 0 N–H and O–H groups in total. The number of fused-ring (bicyclic) bond motifs is 4. The summed E-state index contributed by atoms with van der Waals surface area (Å²) in [4.78, 5) is 16.7. The van der Waals surface area contributed by atoms with Gasteiger partial charge in [0.25, 0.3) is 0 Å². The van der Waals surface area contributed by atoms with E-state index in [4.69, 9.17) is 35.8 Å². The fraction of sp³-hybridized carbons (Fsp3) is 0.438. The molecule has 10 nitrogen and oxygen atoms in total. The summed E-state index contributed by atoms with van der Waals surface area (Å²) in [7, 11) is -1.42. The van der Waals surface area contributed by atoms with Crippen molar-refractivity contribution in [3.8, 4) is 22.8 Å². The molecule has 0 aliphatic carbocycles. The Kier molecular flexibility index (Phi) is 7.70. The first kappa shape index (κ1) is 29.4. The molecule has 5 heterocycles. The van der Waals surface area contributed by atoms with Gasteiger partial charge in [-0.15, -0.1) is 0 Å². The minimum atomic E-state index is -1.42. The second-order valence-electron chi connectivity index (χ2n) is 13.0. The van der Waals surface area contributed by atoms with Crippen molar-refractivity contribution in [3.05, 3.63) is 59.8 Å². The minimum Gasteiger partial charge on any atom is -0.456 e. The highest BCUT2D eigenvalue weighted by atomic mass is 35.5. The quantitative estimate of drug-likeness (QED) is 0.166. The fourth-order valence-corrected chi connectivity index (χ4v) is 6.67. The van der Waals surface area contributed by atoms with Crippen LogP contribution in [0.1, 0.15) is 19.2 Å². The van der Waals surface area contributed by atoms with E-state index in [1.165, 1.54) is 0 Å². The van der Waals surface area contributed by atoms with Crippen LogP contribution >= 0.6 is 11.6 Å². The van der Waals surface area contributed by atoms with Gasteiger partial charge in [0, 0.05) is 42.7 Å². The number of aryl methyl sites for hydroxylation is 1. The van der Waals surface area contributed by atoms with Gasteiger partial charge in [-0.3, -0.25) is 14.6 Å². The third-order valence-corrected chi connectivity index (χ3v) is 12.0. The zero-order valence-electron chi connectivity index (χ0n) is 25.8. The van der Waals surface area contributed by atoms with E-state index in [0.29, 0.717) is 52.1 Å². The van der Waals surface area contributed by atoms with E-state index < -0.39 is 8.07 Å². The Morgan fingerprint density at radius 1 is 1.09 bits per heavy atom. The highest BCUT2D eigenvalue weighted by Crippen LogP contribution is 2.36. The second-order valence-corrected chi connectivity index (χ2v) is 18.9. The number of ether oxygens (including phenoxy) is 3. The van der Waals surface area contributed by atoms with Crippen molar-refractivity contribution < 1.29 is 14.2 Å². The lowest BCUT2D eigenvalue weighted by Crippen LogP contribution is -2.38. The summed E-state index contributed by atoms with van der Waals surface area (Å²) in [5.41, 5.74) is 4.94. The highest BCUT2D eigenvalue weighted by molar-refractivity contribution is 6.77. The molecule has 0 spiro atoms. The zero-order valence-corrected chi connectivity index (χ0v) is 27.6. The summed E-state index contributed by atoms with van der Waals surface area (Å²) in [5.74, 6) is 2.06. The first-order valence-corrected chi connectivity index (χ1v) is 19.2. The molecule has 230 valence electrons. The fourth-order valence-electron chi connectivity index (χ4n) is 5.86. The number of benzene rings is 2. The van der Waals surface area contributed by atoms with Gasteiger partial charge in [-0.25, -0.2) is 9.97 Å². The van der Waals surface area contributed by atoms with Crippen molar-refractivity contribution in [2.75, 3.05) is 19.7 Å². The van der Waals surface area contributed by atoms with Crippen LogP contribution in [0.4, 0.5) is 0 Å². The zero-order chi connectivity index (χ0) is 30.6. The molecule has 44 heavy (non-hydrogen) atoms. The molecule has 2 aliphatic rings. The van der Waals surface area contributed by atoms with Crippen molar-refractivity contribution in [2.24, 2.45) is 0 Å². The van der Waals surface area contributed by atoms with Gasteiger partial charge in [0.2, 0.25) is 0 Å². The molecule has 2 aliphatic heterocycles. The summed E-state index contributed by atoms with van der Waals surface area (Å²) >= 11 is 6.89. The average Bonchev–Trinajstić information content (AvgIpc) is 3.80. The van der Waals surface area contributed by atoms with Crippen molar-refractivity contribution in [1.29, 1.82) is 0 Å². The Morgan fingerprint density at radius 3 is 2.70 bits per heavy atom. The van der Waals surface area contributed by atoms with Gasteiger partial charge < -0.3 is 18.8 Å². The predicted octanol–water partition coefficient (Wildman–Crippen LogP) is 6.31. The standard InChI is InChI=1S/C32H38ClN7O3Si/c1-20-36-26-7-6-24(13-29(26)40(20)19-42-21(2)44(3,4)5)43-30-9-8-27-32(31(30)33)37-28(15-34-27)22-14-35-39(16-22)11-10-38-17-25-12-23(38)18-41-25/h6-9,13-16,21,23,25H,10-12,17-19H2,1-5H3/t21?,23-,25-/m0/s1. The van der Waals surface area contributed by atoms with Crippen molar-refractivity contribution in [2.45, 2.75) is 71.1 Å². The van der Waals surface area contributed by atoms with E-state index in [1.54, 1.807) is 6.20 Å². The van der Waals surface area contributed by atoms with Crippen LogP contribution < -0.4 is 4.74 Å². The summed E-state index contributed by atoms with van der Waals surface area (Å²) in [6.07, 6.45) is 7.16. The van der Waals surface area contributed by atoms with Crippen LogP contribution in [0, 0.1) is 6.92 Å². The molecule has 5 aromatic rings. The van der Waals surface area contributed by atoms with E-state index >= 15 is 0 Å². The number of nitrogens with zero attached hydrogens (tertiary/aromatic N) is 7. The first-order chi connectivity index (χ1) is 21.1. The van der Waals surface area contributed by atoms with Gasteiger partial charge in [0.05, 0.1) is 62.0 Å².